The minimum Gasteiger partial charge on any atom is -0.481 e. The van der Waals surface area contributed by atoms with E-state index in [-0.39, 0.29) is 0 Å². The molecule has 1 N–H and O–H groups in total. The van der Waals surface area contributed by atoms with E-state index in [1.165, 1.54) is 19.3 Å². The van der Waals surface area contributed by atoms with Crippen molar-refractivity contribution in [3.63, 3.8) is 0 Å². The molecule has 2 nitrogen and oxygen atoms in total. The van der Waals surface area contributed by atoms with Gasteiger partial charge in [-0.1, -0.05) is 38.2 Å². The highest BCUT2D eigenvalue weighted by Gasteiger charge is 2.37. The highest BCUT2D eigenvalue weighted by atomic mass is 16.4. The Balaban J connectivity index is 2.59. The average molecular weight is 224 g/mol. The quantitative estimate of drug-likeness (QED) is 0.562. The van der Waals surface area contributed by atoms with E-state index < -0.39 is 11.4 Å². The van der Waals surface area contributed by atoms with Crippen LogP contribution < -0.4 is 0 Å². The first-order valence-electron chi connectivity index (χ1n) is 6.55. The molecule has 0 unspecified atom stereocenters. The maximum Gasteiger partial charge on any atom is 0.309 e. The number of carbonyl (C=O) groups is 1. The zero-order valence-electron chi connectivity index (χ0n) is 10.2. The zero-order valence-corrected chi connectivity index (χ0v) is 10.2. The van der Waals surface area contributed by atoms with Gasteiger partial charge in [0.15, 0.2) is 0 Å². The van der Waals surface area contributed by atoms with Crippen LogP contribution in [-0.2, 0) is 4.79 Å². The molecule has 0 saturated heterocycles. The van der Waals surface area contributed by atoms with E-state index in [0.717, 1.165) is 44.9 Å². The zero-order chi connectivity index (χ0) is 11.9. The van der Waals surface area contributed by atoms with Crippen molar-refractivity contribution in [3.8, 4) is 0 Å². The molecule has 0 radical (unpaired) electrons. The molecule has 92 valence electrons. The first-order valence-corrected chi connectivity index (χ1v) is 6.55. The summed E-state index contributed by atoms with van der Waals surface area (Å²) in [6.07, 6.45) is 12.2. The maximum absolute atomic E-state index is 11.5. The van der Waals surface area contributed by atoms with Crippen LogP contribution in [0.3, 0.4) is 0 Å². The van der Waals surface area contributed by atoms with Crippen LogP contribution in [0.5, 0.6) is 0 Å². The molecule has 0 heterocycles. The predicted molar refractivity (Wildman–Crippen MR) is 66.4 cm³/mol. The van der Waals surface area contributed by atoms with E-state index in [1.54, 1.807) is 0 Å². The Hall–Kier alpha value is -0.790. The van der Waals surface area contributed by atoms with Crippen LogP contribution in [0.2, 0.25) is 0 Å². The third-order valence-corrected chi connectivity index (χ3v) is 3.83. The maximum atomic E-state index is 11.5. The molecular weight excluding hydrogens is 200 g/mol. The molecule has 0 amide bonds. The van der Waals surface area contributed by atoms with Gasteiger partial charge >= 0.3 is 5.97 Å². The van der Waals surface area contributed by atoms with E-state index in [1.807, 2.05) is 6.08 Å². The van der Waals surface area contributed by atoms with E-state index in [2.05, 4.69) is 6.58 Å². The van der Waals surface area contributed by atoms with Crippen molar-refractivity contribution in [1.82, 2.24) is 0 Å². The summed E-state index contributed by atoms with van der Waals surface area (Å²) in [6, 6.07) is 0. The first-order chi connectivity index (χ1) is 7.71. The Morgan fingerprint density at radius 3 is 2.25 bits per heavy atom. The van der Waals surface area contributed by atoms with Gasteiger partial charge in [0.1, 0.15) is 0 Å². The van der Waals surface area contributed by atoms with Crippen molar-refractivity contribution in [2.24, 2.45) is 5.41 Å². The lowest BCUT2D eigenvalue weighted by Gasteiger charge is -2.31. The fraction of sp³-hybridized carbons (Fsp3) is 0.786. The number of carboxylic acids is 1. The lowest BCUT2D eigenvalue weighted by molar-refractivity contribution is -0.151. The summed E-state index contributed by atoms with van der Waals surface area (Å²) < 4.78 is 0. The van der Waals surface area contributed by atoms with E-state index >= 15 is 0 Å². The van der Waals surface area contributed by atoms with Crippen LogP contribution in [0, 0.1) is 5.41 Å². The summed E-state index contributed by atoms with van der Waals surface area (Å²) in [7, 11) is 0. The second kappa shape index (κ2) is 6.72. The summed E-state index contributed by atoms with van der Waals surface area (Å²) in [5.41, 5.74) is -0.427. The van der Waals surface area contributed by atoms with Crippen molar-refractivity contribution >= 4 is 5.97 Å². The molecule has 1 saturated carbocycles. The van der Waals surface area contributed by atoms with Gasteiger partial charge in [0.2, 0.25) is 0 Å². The monoisotopic (exact) mass is 224 g/mol. The van der Waals surface area contributed by atoms with Crippen LogP contribution in [0.4, 0.5) is 0 Å². The smallest absolute Gasteiger partial charge is 0.309 e. The first kappa shape index (κ1) is 13.3. The molecule has 0 atom stereocenters. The summed E-state index contributed by atoms with van der Waals surface area (Å²) in [5.74, 6) is -0.571. The SMILES string of the molecule is C=CCCCC1(C(=O)O)CCCCCCC1. The Morgan fingerprint density at radius 1 is 1.19 bits per heavy atom. The van der Waals surface area contributed by atoms with Crippen molar-refractivity contribution < 1.29 is 9.90 Å². The number of hydrogen-bond donors (Lipinski definition) is 1. The molecule has 1 fully saturated rings. The number of allylic oxidation sites excluding steroid dienone is 1. The van der Waals surface area contributed by atoms with Crippen molar-refractivity contribution in [2.45, 2.75) is 64.2 Å². The molecular formula is C14H24O2. The van der Waals surface area contributed by atoms with E-state index in [4.69, 9.17) is 0 Å². The molecule has 0 spiro atoms. The van der Waals surface area contributed by atoms with Crippen LogP contribution in [0.1, 0.15) is 64.2 Å². The largest absolute Gasteiger partial charge is 0.481 e. The summed E-state index contributed by atoms with van der Waals surface area (Å²) in [6.45, 7) is 3.70. The molecule has 1 aliphatic rings. The fourth-order valence-corrected chi connectivity index (χ4v) is 2.74. The second-order valence-electron chi connectivity index (χ2n) is 5.03. The number of aliphatic carboxylic acids is 1. The third-order valence-electron chi connectivity index (χ3n) is 3.83. The molecule has 0 aliphatic heterocycles. The fourth-order valence-electron chi connectivity index (χ4n) is 2.74. The van der Waals surface area contributed by atoms with Gasteiger partial charge in [0.25, 0.3) is 0 Å². The number of unbranched alkanes of at least 4 members (excludes halogenated alkanes) is 1. The van der Waals surface area contributed by atoms with Gasteiger partial charge in [-0.05, 0) is 32.1 Å². The Morgan fingerprint density at radius 2 is 1.75 bits per heavy atom. The van der Waals surface area contributed by atoms with Gasteiger partial charge in [-0.2, -0.15) is 0 Å². The average Bonchev–Trinajstić information content (AvgIpc) is 2.21. The Bertz CT molecular complexity index is 225. The minimum atomic E-state index is -0.571. The van der Waals surface area contributed by atoms with Gasteiger partial charge in [-0.3, -0.25) is 4.79 Å². The summed E-state index contributed by atoms with van der Waals surface area (Å²) in [4.78, 5) is 11.5. The van der Waals surface area contributed by atoms with Gasteiger partial charge in [0.05, 0.1) is 5.41 Å². The second-order valence-corrected chi connectivity index (χ2v) is 5.03. The van der Waals surface area contributed by atoms with E-state index in [9.17, 15) is 9.90 Å². The van der Waals surface area contributed by atoms with Crippen LogP contribution >= 0.6 is 0 Å². The van der Waals surface area contributed by atoms with Crippen molar-refractivity contribution in [3.05, 3.63) is 12.7 Å². The lowest BCUT2D eigenvalue weighted by Crippen LogP contribution is -2.31. The standard InChI is InChI=1S/C14H24O2/c1-2-3-7-10-14(13(15)16)11-8-5-4-6-9-12-14/h2H,1,3-12H2,(H,15,16). The topological polar surface area (TPSA) is 37.3 Å². The number of rotatable bonds is 5. The molecule has 2 heteroatoms. The highest BCUT2D eigenvalue weighted by molar-refractivity contribution is 5.74. The van der Waals surface area contributed by atoms with Crippen molar-refractivity contribution in [2.75, 3.05) is 0 Å². The van der Waals surface area contributed by atoms with Crippen LogP contribution in [-0.4, -0.2) is 11.1 Å². The molecule has 0 aromatic carbocycles. The molecule has 1 rings (SSSR count). The van der Waals surface area contributed by atoms with Crippen LogP contribution in [0.15, 0.2) is 12.7 Å². The summed E-state index contributed by atoms with van der Waals surface area (Å²) in [5, 5.41) is 9.48. The molecule has 1 aliphatic carbocycles. The van der Waals surface area contributed by atoms with Crippen LogP contribution in [0.25, 0.3) is 0 Å². The summed E-state index contributed by atoms with van der Waals surface area (Å²) >= 11 is 0. The lowest BCUT2D eigenvalue weighted by atomic mass is 9.73. The number of hydrogen-bond acceptors (Lipinski definition) is 1. The number of carboxylic acid groups (broad SMARTS) is 1. The molecule has 16 heavy (non-hydrogen) atoms. The molecule has 0 aromatic rings. The van der Waals surface area contributed by atoms with E-state index in [0.29, 0.717) is 0 Å². The normalized spacial score (nSPS) is 20.8. The van der Waals surface area contributed by atoms with Gasteiger partial charge in [-0.15, -0.1) is 6.58 Å². The third kappa shape index (κ3) is 3.66. The minimum absolute atomic E-state index is 0.427. The molecule has 0 aromatic heterocycles. The predicted octanol–water partition coefficient (Wildman–Crippen LogP) is 4.16. The molecule has 0 bridgehead atoms. The Labute approximate surface area is 98.7 Å². The van der Waals surface area contributed by atoms with Crippen molar-refractivity contribution in [1.29, 1.82) is 0 Å². The van der Waals surface area contributed by atoms with Gasteiger partial charge < -0.3 is 5.11 Å². The Kier molecular flexibility index (Phi) is 5.58. The highest BCUT2D eigenvalue weighted by Crippen LogP contribution is 2.39. The van der Waals surface area contributed by atoms with Gasteiger partial charge in [0, 0.05) is 0 Å². The van der Waals surface area contributed by atoms with Gasteiger partial charge in [-0.25, -0.2) is 0 Å².